The minimum atomic E-state index is -1.07. The Bertz CT molecular complexity index is 462. The molecule has 2 amide bonds. The molecule has 0 spiro atoms. The summed E-state index contributed by atoms with van der Waals surface area (Å²) in [6.45, 7) is 0.514. The van der Waals surface area contributed by atoms with Crippen molar-refractivity contribution in [1.82, 2.24) is 9.80 Å². The van der Waals surface area contributed by atoms with Gasteiger partial charge in [-0.05, 0) is 11.4 Å². The second kappa shape index (κ2) is 5.58. The summed E-state index contributed by atoms with van der Waals surface area (Å²) in [5, 5.41) is 20.5. The SMILES string of the molecule is CN(Cc1cccs1)C(=O)N1C[C@H](O)C[C@@H]1C(=O)O. The summed E-state index contributed by atoms with van der Waals surface area (Å²) in [6, 6.07) is 2.52. The maximum absolute atomic E-state index is 12.2. The predicted molar refractivity (Wildman–Crippen MR) is 69.9 cm³/mol. The number of β-amino-alcohol motifs (C(OH)–C–C–N with tert-alkyl or cyclic N) is 1. The number of carbonyl (C=O) groups is 2. The zero-order chi connectivity index (χ0) is 14.0. The van der Waals surface area contributed by atoms with Crippen molar-refractivity contribution in [2.24, 2.45) is 0 Å². The van der Waals surface area contributed by atoms with Crippen LogP contribution in [0.1, 0.15) is 11.3 Å². The first kappa shape index (κ1) is 13.8. The van der Waals surface area contributed by atoms with Crippen LogP contribution in [0.2, 0.25) is 0 Å². The van der Waals surface area contributed by atoms with E-state index in [0.29, 0.717) is 6.54 Å². The number of aliphatic hydroxyl groups excluding tert-OH is 1. The van der Waals surface area contributed by atoms with Crippen LogP contribution in [0.5, 0.6) is 0 Å². The van der Waals surface area contributed by atoms with Crippen molar-refractivity contribution in [3.63, 3.8) is 0 Å². The zero-order valence-electron chi connectivity index (χ0n) is 10.5. The molecule has 2 heterocycles. The number of carboxylic acids is 1. The fourth-order valence-electron chi connectivity index (χ4n) is 2.18. The molecule has 1 fully saturated rings. The Balaban J connectivity index is 2.03. The number of rotatable bonds is 3. The summed E-state index contributed by atoms with van der Waals surface area (Å²) >= 11 is 1.54. The molecule has 6 nitrogen and oxygen atoms in total. The third kappa shape index (κ3) is 3.05. The van der Waals surface area contributed by atoms with E-state index in [9.17, 15) is 14.7 Å². The molecule has 0 aromatic carbocycles. The van der Waals surface area contributed by atoms with E-state index in [-0.39, 0.29) is 19.0 Å². The summed E-state index contributed by atoms with van der Waals surface area (Å²) in [7, 11) is 1.63. The maximum Gasteiger partial charge on any atom is 0.326 e. The lowest BCUT2D eigenvalue weighted by Crippen LogP contribution is -2.46. The second-order valence-electron chi connectivity index (χ2n) is 4.61. The van der Waals surface area contributed by atoms with Gasteiger partial charge in [0.05, 0.1) is 12.6 Å². The molecule has 1 aromatic heterocycles. The molecule has 104 valence electrons. The van der Waals surface area contributed by atoms with Crippen molar-refractivity contribution >= 4 is 23.3 Å². The predicted octanol–water partition coefficient (Wildman–Crippen LogP) is 0.820. The number of carboxylic acid groups (broad SMARTS) is 1. The van der Waals surface area contributed by atoms with Gasteiger partial charge in [0.2, 0.25) is 0 Å². The summed E-state index contributed by atoms with van der Waals surface area (Å²) in [5.74, 6) is -1.07. The zero-order valence-corrected chi connectivity index (χ0v) is 11.3. The standard InChI is InChI=1S/C12H16N2O4S/c1-13(7-9-3-2-4-19-9)12(18)14-6-8(15)5-10(14)11(16)17/h2-4,8,10,15H,5-7H2,1H3,(H,16,17)/t8-,10-/m1/s1. The molecule has 0 radical (unpaired) electrons. The molecule has 0 aliphatic carbocycles. The monoisotopic (exact) mass is 284 g/mol. The Hall–Kier alpha value is -1.60. The lowest BCUT2D eigenvalue weighted by molar-refractivity contribution is -0.141. The average Bonchev–Trinajstić information content (AvgIpc) is 2.97. The van der Waals surface area contributed by atoms with Crippen LogP contribution in [0.15, 0.2) is 17.5 Å². The van der Waals surface area contributed by atoms with E-state index in [1.165, 1.54) is 9.80 Å². The van der Waals surface area contributed by atoms with E-state index in [2.05, 4.69) is 0 Å². The van der Waals surface area contributed by atoms with Gasteiger partial charge >= 0.3 is 12.0 Å². The fraction of sp³-hybridized carbons (Fsp3) is 0.500. The number of aliphatic hydroxyl groups is 1. The summed E-state index contributed by atoms with van der Waals surface area (Å²) < 4.78 is 0. The highest BCUT2D eigenvalue weighted by Gasteiger charge is 2.40. The molecule has 0 unspecified atom stereocenters. The summed E-state index contributed by atoms with van der Waals surface area (Å²) in [5.41, 5.74) is 0. The van der Waals surface area contributed by atoms with Gasteiger partial charge in [0.15, 0.2) is 0 Å². The number of hydrogen-bond donors (Lipinski definition) is 2. The van der Waals surface area contributed by atoms with E-state index in [4.69, 9.17) is 5.11 Å². The summed E-state index contributed by atoms with van der Waals surface area (Å²) in [4.78, 5) is 27.0. The molecule has 2 rings (SSSR count). The lowest BCUT2D eigenvalue weighted by Gasteiger charge is -2.27. The van der Waals surface area contributed by atoms with Gasteiger partial charge in [-0.1, -0.05) is 6.07 Å². The Morgan fingerprint density at radius 1 is 1.58 bits per heavy atom. The Morgan fingerprint density at radius 2 is 2.32 bits per heavy atom. The third-order valence-electron chi connectivity index (χ3n) is 3.11. The van der Waals surface area contributed by atoms with Crippen LogP contribution >= 0.6 is 11.3 Å². The van der Waals surface area contributed by atoms with Crippen molar-refractivity contribution in [3.05, 3.63) is 22.4 Å². The number of urea groups is 1. The van der Waals surface area contributed by atoms with Crippen LogP contribution in [0, 0.1) is 0 Å². The van der Waals surface area contributed by atoms with Crippen LogP contribution in [0.4, 0.5) is 4.79 Å². The van der Waals surface area contributed by atoms with Gasteiger partial charge in [-0.3, -0.25) is 0 Å². The number of aliphatic carboxylic acids is 1. The quantitative estimate of drug-likeness (QED) is 0.861. The van der Waals surface area contributed by atoms with E-state index in [1.807, 2.05) is 17.5 Å². The topological polar surface area (TPSA) is 81.1 Å². The molecule has 1 aliphatic rings. The molecular weight excluding hydrogens is 268 g/mol. The lowest BCUT2D eigenvalue weighted by atomic mass is 10.2. The molecule has 1 saturated heterocycles. The van der Waals surface area contributed by atoms with Crippen molar-refractivity contribution < 1.29 is 19.8 Å². The molecule has 7 heteroatoms. The van der Waals surface area contributed by atoms with Crippen molar-refractivity contribution in [2.45, 2.75) is 25.1 Å². The van der Waals surface area contributed by atoms with Crippen LogP contribution in [0.25, 0.3) is 0 Å². The average molecular weight is 284 g/mol. The fourth-order valence-corrected chi connectivity index (χ4v) is 2.94. The van der Waals surface area contributed by atoms with Crippen molar-refractivity contribution in [2.75, 3.05) is 13.6 Å². The van der Waals surface area contributed by atoms with Gasteiger partial charge in [0, 0.05) is 24.9 Å². The normalized spacial score (nSPS) is 22.5. The highest BCUT2D eigenvalue weighted by Crippen LogP contribution is 2.21. The number of likely N-dealkylation sites (tertiary alicyclic amines) is 1. The summed E-state index contributed by atoms with van der Waals surface area (Å²) in [6.07, 6.45) is -0.673. The molecule has 0 saturated carbocycles. The first-order valence-corrected chi connectivity index (χ1v) is 6.82. The molecule has 1 aromatic rings. The number of nitrogens with zero attached hydrogens (tertiary/aromatic N) is 2. The van der Waals surface area contributed by atoms with Crippen molar-refractivity contribution in [3.8, 4) is 0 Å². The minimum absolute atomic E-state index is 0.0740. The van der Waals surface area contributed by atoms with E-state index in [0.717, 1.165) is 4.88 Å². The molecule has 19 heavy (non-hydrogen) atoms. The van der Waals surface area contributed by atoms with Gasteiger partial charge in [-0.2, -0.15) is 0 Å². The number of thiophene rings is 1. The molecule has 1 aliphatic heterocycles. The van der Waals surface area contributed by atoms with Gasteiger partial charge in [0.1, 0.15) is 6.04 Å². The van der Waals surface area contributed by atoms with Gasteiger partial charge in [-0.25, -0.2) is 9.59 Å². The first-order chi connectivity index (χ1) is 8.99. The van der Waals surface area contributed by atoms with Gasteiger partial charge in [0.25, 0.3) is 0 Å². The maximum atomic E-state index is 12.2. The third-order valence-corrected chi connectivity index (χ3v) is 3.97. The van der Waals surface area contributed by atoms with E-state index in [1.54, 1.807) is 18.4 Å². The van der Waals surface area contributed by atoms with E-state index < -0.39 is 18.1 Å². The van der Waals surface area contributed by atoms with Crippen molar-refractivity contribution in [1.29, 1.82) is 0 Å². The van der Waals surface area contributed by atoms with Crippen LogP contribution < -0.4 is 0 Å². The Labute approximate surface area is 114 Å². The Morgan fingerprint density at radius 3 is 2.89 bits per heavy atom. The molecule has 2 N–H and O–H groups in total. The van der Waals surface area contributed by atoms with Gasteiger partial charge < -0.3 is 20.0 Å². The number of hydrogen-bond acceptors (Lipinski definition) is 4. The molecular formula is C12H16N2O4S. The highest BCUT2D eigenvalue weighted by molar-refractivity contribution is 7.09. The first-order valence-electron chi connectivity index (χ1n) is 5.94. The second-order valence-corrected chi connectivity index (χ2v) is 5.65. The van der Waals surface area contributed by atoms with Crippen LogP contribution in [-0.4, -0.2) is 57.8 Å². The molecule has 2 atom stereocenters. The smallest absolute Gasteiger partial charge is 0.326 e. The molecule has 0 bridgehead atoms. The van der Waals surface area contributed by atoms with Gasteiger partial charge in [-0.15, -0.1) is 11.3 Å². The van der Waals surface area contributed by atoms with Crippen LogP contribution in [-0.2, 0) is 11.3 Å². The Kier molecular flexibility index (Phi) is 4.06. The van der Waals surface area contributed by atoms with E-state index >= 15 is 0 Å². The number of carbonyl (C=O) groups excluding carboxylic acids is 1. The van der Waals surface area contributed by atoms with Crippen LogP contribution in [0.3, 0.4) is 0 Å². The largest absolute Gasteiger partial charge is 0.480 e. The highest BCUT2D eigenvalue weighted by atomic mass is 32.1. The number of amides is 2. The minimum Gasteiger partial charge on any atom is -0.480 e.